The Hall–Kier alpha value is -1.98. The Morgan fingerprint density at radius 2 is 2.21 bits per heavy atom. The Morgan fingerprint density at radius 3 is 2.86 bits per heavy atom. The second-order valence-corrected chi connectivity index (χ2v) is 3.12. The summed E-state index contributed by atoms with van der Waals surface area (Å²) in [7, 11) is 1.64. The van der Waals surface area contributed by atoms with Crippen LogP contribution in [0.3, 0.4) is 0 Å². The maximum Gasteiger partial charge on any atom is 0.297 e. The average Bonchev–Trinajstić information content (AvgIpc) is 2.46. The van der Waals surface area contributed by atoms with E-state index in [1.165, 1.54) is 10.7 Å². The highest BCUT2D eigenvalue weighted by molar-refractivity contribution is 5.84. The topological polar surface area (TPSA) is 73.8 Å². The molecule has 0 fully saturated rings. The van der Waals surface area contributed by atoms with Gasteiger partial charge in [0.2, 0.25) is 0 Å². The van der Waals surface area contributed by atoms with Crippen LogP contribution in [-0.4, -0.2) is 19.9 Å². The first kappa shape index (κ1) is 8.61. The molecule has 0 amide bonds. The SMILES string of the molecule is Cc1cc([N+](=O)[O-])c2c(c1)nnn2C. The lowest BCUT2D eigenvalue weighted by atomic mass is 10.2. The lowest BCUT2D eigenvalue weighted by Gasteiger charge is -1.96. The predicted molar refractivity (Wildman–Crippen MR) is 49.9 cm³/mol. The first-order valence-electron chi connectivity index (χ1n) is 4.04. The molecule has 0 bridgehead atoms. The summed E-state index contributed by atoms with van der Waals surface area (Å²) in [6, 6.07) is 3.29. The Kier molecular flexibility index (Phi) is 1.70. The highest BCUT2D eigenvalue weighted by atomic mass is 16.6. The Balaban J connectivity index is 2.90. The number of fused-ring (bicyclic) bond motifs is 1. The molecule has 14 heavy (non-hydrogen) atoms. The van der Waals surface area contributed by atoms with Gasteiger partial charge in [0.15, 0.2) is 5.52 Å². The van der Waals surface area contributed by atoms with Gasteiger partial charge in [0.25, 0.3) is 5.69 Å². The third-order valence-corrected chi connectivity index (χ3v) is 2.02. The molecule has 6 nitrogen and oxygen atoms in total. The molecule has 0 unspecified atom stereocenters. The van der Waals surface area contributed by atoms with Crippen LogP contribution in [0.4, 0.5) is 5.69 Å². The number of nitro groups is 1. The van der Waals surface area contributed by atoms with E-state index in [-0.39, 0.29) is 5.69 Å². The van der Waals surface area contributed by atoms with Crippen molar-refractivity contribution in [2.24, 2.45) is 7.05 Å². The van der Waals surface area contributed by atoms with Gasteiger partial charge in [-0.25, -0.2) is 4.68 Å². The second-order valence-electron chi connectivity index (χ2n) is 3.12. The van der Waals surface area contributed by atoms with Gasteiger partial charge < -0.3 is 0 Å². The number of nitrogens with zero attached hydrogens (tertiary/aromatic N) is 4. The van der Waals surface area contributed by atoms with E-state index >= 15 is 0 Å². The lowest BCUT2D eigenvalue weighted by molar-refractivity contribution is -0.383. The summed E-state index contributed by atoms with van der Waals surface area (Å²) in [5, 5.41) is 18.3. The maximum atomic E-state index is 10.8. The highest BCUT2D eigenvalue weighted by Gasteiger charge is 2.17. The number of aromatic nitrogens is 3. The second kappa shape index (κ2) is 2.76. The molecule has 2 aromatic rings. The quantitative estimate of drug-likeness (QED) is 0.502. The number of non-ortho nitro benzene ring substituents is 1. The Labute approximate surface area is 79.3 Å². The summed E-state index contributed by atoms with van der Waals surface area (Å²) in [4.78, 5) is 10.3. The van der Waals surface area contributed by atoms with Crippen molar-refractivity contribution in [3.63, 3.8) is 0 Å². The molecule has 0 radical (unpaired) electrons. The van der Waals surface area contributed by atoms with Crippen LogP contribution in [0, 0.1) is 17.0 Å². The van der Waals surface area contributed by atoms with Crippen LogP contribution in [0.15, 0.2) is 12.1 Å². The van der Waals surface area contributed by atoms with Crippen molar-refractivity contribution in [1.29, 1.82) is 0 Å². The van der Waals surface area contributed by atoms with Crippen molar-refractivity contribution in [2.45, 2.75) is 6.92 Å². The molecule has 0 N–H and O–H groups in total. The van der Waals surface area contributed by atoms with Gasteiger partial charge in [0.1, 0.15) is 5.52 Å². The molecule has 1 aromatic carbocycles. The first-order chi connectivity index (χ1) is 6.59. The standard InChI is InChI=1S/C8H8N4O2/c1-5-3-6-8(11(2)10-9-6)7(4-5)12(13)14/h3-4H,1-2H3. The van der Waals surface area contributed by atoms with Crippen molar-refractivity contribution in [3.8, 4) is 0 Å². The minimum atomic E-state index is -0.418. The molecule has 0 atom stereocenters. The molecule has 1 aromatic heterocycles. The molecular weight excluding hydrogens is 184 g/mol. The molecule has 72 valence electrons. The van der Waals surface area contributed by atoms with E-state index < -0.39 is 4.92 Å². The molecular formula is C8H8N4O2. The number of aryl methyl sites for hydroxylation is 2. The molecule has 0 saturated carbocycles. The largest absolute Gasteiger partial charge is 0.297 e. The summed E-state index contributed by atoms with van der Waals surface area (Å²) in [5.41, 5.74) is 1.87. The van der Waals surface area contributed by atoms with E-state index in [4.69, 9.17) is 0 Å². The van der Waals surface area contributed by atoms with Crippen LogP contribution >= 0.6 is 0 Å². The summed E-state index contributed by atoms with van der Waals surface area (Å²) >= 11 is 0. The number of rotatable bonds is 1. The van der Waals surface area contributed by atoms with Crippen molar-refractivity contribution in [1.82, 2.24) is 15.0 Å². The number of hydrogen-bond acceptors (Lipinski definition) is 4. The minimum Gasteiger partial charge on any atom is -0.258 e. The maximum absolute atomic E-state index is 10.8. The summed E-state index contributed by atoms with van der Waals surface area (Å²) < 4.78 is 1.41. The fraction of sp³-hybridized carbons (Fsp3) is 0.250. The van der Waals surface area contributed by atoms with Crippen LogP contribution in [-0.2, 0) is 7.05 Å². The number of hydrogen-bond donors (Lipinski definition) is 0. The summed E-state index contributed by atoms with van der Waals surface area (Å²) in [6.07, 6.45) is 0. The predicted octanol–water partition coefficient (Wildman–Crippen LogP) is 1.18. The smallest absolute Gasteiger partial charge is 0.258 e. The van der Waals surface area contributed by atoms with Crippen LogP contribution in [0.1, 0.15) is 5.56 Å². The van der Waals surface area contributed by atoms with E-state index in [9.17, 15) is 10.1 Å². The third-order valence-electron chi connectivity index (χ3n) is 2.02. The van der Waals surface area contributed by atoms with E-state index in [1.54, 1.807) is 20.0 Å². The first-order valence-corrected chi connectivity index (χ1v) is 4.04. The summed E-state index contributed by atoms with van der Waals surface area (Å²) in [6.45, 7) is 1.79. The van der Waals surface area contributed by atoms with Crippen LogP contribution in [0.5, 0.6) is 0 Å². The van der Waals surface area contributed by atoms with Gasteiger partial charge in [-0.3, -0.25) is 10.1 Å². The lowest BCUT2D eigenvalue weighted by Crippen LogP contribution is -1.96. The fourth-order valence-electron chi connectivity index (χ4n) is 1.45. The van der Waals surface area contributed by atoms with Crippen molar-refractivity contribution >= 4 is 16.7 Å². The molecule has 0 aliphatic rings. The Bertz CT molecular complexity index is 517. The fourth-order valence-corrected chi connectivity index (χ4v) is 1.45. The van der Waals surface area contributed by atoms with Gasteiger partial charge in [-0.2, -0.15) is 0 Å². The van der Waals surface area contributed by atoms with E-state index in [0.717, 1.165) is 5.56 Å². The zero-order chi connectivity index (χ0) is 10.3. The van der Waals surface area contributed by atoms with Gasteiger partial charge in [-0.05, 0) is 18.6 Å². The van der Waals surface area contributed by atoms with Crippen molar-refractivity contribution < 1.29 is 4.92 Å². The van der Waals surface area contributed by atoms with E-state index in [0.29, 0.717) is 11.0 Å². The molecule has 0 saturated heterocycles. The van der Waals surface area contributed by atoms with Gasteiger partial charge >= 0.3 is 0 Å². The molecule has 6 heteroatoms. The van der Waals surface area contributed by atoms with E-state index in [2.05, 4.69) is 10.3 Å². The molecule has 0 spiro atoms. The molecule has 1 heterocycles. The third kappa shape index (κ3) is 1.12. The van der Waals surface area contributed by atoms with Crippen LogP contribution < -0.4 is 0 Å². The molecule has 0 aliphatic carbocycles. The zero-order valence-electron chi connectivity index (χ0n) is 7.76. The van der Waals surface area contributed by atoms with Crippen LogP contribution in [0.25, 0.3) is 11.0 Å². The summed E-state index contributed by atoms with van der Waals surface area (Å²) in [5.74, 6) is 0. The Morgan fingerprint density at radius 1 is 1.50 bits per heavy atom. The molecule has 2 rings (SSSR count). The minimum absolute atomic E-state index is 0.0486. The van der Waals surface area contributed by atoms with Crippen molar-refractivity contribution in [2.75, 3.05) is 0 Å². The number of nitro benzene ring substituents is 1. The molecule has 0 aliphatic heterocycles. The average molecular weight is 192 g/mol. The normalized spacial score (nSPS) is 10.7. The number of benzene rings is 1. The van der Waals surface area contributed by atoms with Crippen molar-refractivity contribution in [3.05, 3.63) is 27.8 Å². The monoisotopic (exact) mass is 192 g/mol. The highest BCUT2D eigenvalue weighted by Crippen LogP contribution is 2.24. The van der Waals surface area contributed by atoms with Gasteiger partial charge in [0, 0.05) is 13.1 Å². The van der Waals surface area contributed by atoms with E-state index in [1.807, 2.05) is 0 Å². The zero-order valence-corrected chi connectivity index (χ0v) is 7.76. The van der Waals surface area contributed by atoms with Gasteiger partial charge in [-0.15, -0.1) is 5.10 Å². The van der Waals surface area contributed by atoms with Gasteiger partial charge in [-0.1, -0.05) is 5.21 Å². The van der Waals surface area contributed by atoms with Gasteiger partial charge in [0.05, 0.1) is 4.92 Å². The van der Waals surface area contributed by atoms with Crippen LogP contribution in [0.2, 0.25) is 0 Å².